The Bertz CT molecular complexity index is 763. The number of urea groups is 1. The number of hydrogen-bond donors (Lipinski definition) is 3. The number of methoxy groups -OCH3 is 2. The van der Waals surface area contributed by atoms with E-state index in [9.17, 15) is 14.7 Å². The predicted octanol–water partition coefficient (Wildman–Crippen LogP) is 0.989. The normalized spacial score (nSPS) is 25.8. The number of amides is 3. The van der Waals surface area contributed by atoms with E-state index < -0.39 is 12.2 Å². The molecule has 2 saturated heterocycles. The summed E-state index contributed by atoms with van der Waals surface area (Å²) in [6.45, 7) is 1.36. The van der Waals surface area contributed by atoms with Crippen LogP contribution in [0.2, 0.25) is 0 Å². The van der Waals surface area contributed by atoms with Crippen LogP contribution in [0, 0.1) is 0 Å². The maximum Gasteiger partial charge on any atom is 0.322 e. The van der Waals surface area contributed by atoms with Gasteiger partial charge in [0.15, 0.2) is 0 Å². The highest BCUT2D eigenvalue weighted by Gasteiger charge is 2.40. The summed E-state index contributed by atoms with van der Waals surface area (Å²) in [6.07, 6.45) is 0.0397. The number of anilines is 1. The van der Waals surface area contributed by atoms with E-state index >= 15 is 0 Å². The molecule has 2 fully saturated rings. The lowest BCUT2D eigenvalue weighted by Crippen LogP contribution is -2.58. The maximum absolute atomic E-state index is 13.2. The van der Waals surface area contributed by atoms with Crippen molar-refractivity contribution in [3.05, 3.63) is 24.3 Å². The van der Waals surface area contributed by atoms with Crippen LogP contribution in [-0.4, -0.2) is 93.4 Å². The number of para-hydroxylation sites is 2. The van der Waals surface area contributed by atoms with Crippen molar-refractivity contribution in [2.45, 2.75) is 43.6 Å². The second-order valence-electron chi connectivity index (χ2n) is 7.96. The number of benzene rings is 1. The van der Waals surface area contributed by atoms with Crippen molar-refractivity contribution in [2.24, 2.45) is 0 Å². The summed E-state index contributed by atoms with van der Waals surface area (Å²) in [6, 6.07) is 6.52. The van der Waals surface area contributed by atoms with Crippen LogP contribution in [-0.2, 0) is 19.0 Å². The number of aliphatic hydroxyl groups is 1. The standard InChI is InChI=1S/C22H33N3O7/c1-29-10-9-23-21(27)11-16-7-8-18-20(32-16)14-31-13-15(26)12-25(18)22(28)24-17-5-3-4-6-19(17)30-2/h3-6,15-16,18,20,26H,7-14H2,1-2H3,(H,23,27)(H,24,28)/t15-,16+,18-,20+/m0/s1. The third kappa shape index (κ3) is 6.55. The molecule has 0 aliphatic carbocycles. The number of aliphatic hydroxyl groups excluding tert-OH is 1. The second kappa shape index (κ2) is 12.0. The Morgan fingerprint density at radius 1 is 1.22 bits per heavy atom. The van der Waals surface area contributed by atoms with Crippen molar-refractivity contribution < 1.29 is 33.6 Å². The average molecular weight is 452 g/mol. The van der Waals surface area contributed by atoms with Gasteiger partial charge >= 0.3 is 6.03 Å². The van der Waals surface area contributed by atoms with Gasteiger partial charge in [0.05, 0.1) is 63.8 Å². The number of hydrogen-bond acceptors (Lipinski definition) is 7. The second-order valence-corrected chi connectivity index (χ2v) is 7.96. The largest absolute Gasteiger partial charge is 0.495 e. The fraction of sp³-hybridized carbons (Fsp3) is 0.636. The summed E-state index contributed by atoms with van der Waals surface area (Å²) in [4.78, 5) is 26.9. The lowest BCUT2D eigenvalue weighted by atomic mass is 9.95. The molecule has 2 heterocycles. The first kappa shape index (κ1) is 24.2. The molecule has 1 aromatic rings. The van der Waals surface area contributed by atoms with Crippen LogP contribution in [0.3, 0.4) is 0 Å². The first-order valence-electron chi connectivity index (χ1n) is 10.9. The van der Waals surface area contributed by atoms with Gasteiger partial charge in [-0.1, -0.05) is 12.1 Å². The molecule has 3 N–H and O–H groups in total. The number of rotatable bonds is 7. The number of nitrogens with zero attached hydrogens (tertiary/aromatic N) is 1. The van der Waals surface area contributed by atoms with Gasteiger partial charge in [0, 0.05) is 13.7 Å². The van der Waals surface area contributed by atoms with Gasteiger partial charge in [-0.25, -0.2) is 4.79 Å². The number of nitrogens with one attached hydrogen (secondary N) is 2. The molecule has 32 heavy (non-hydrogen) atoms. The molecule has 4 atom stereocenters. The Labute approximate surface area is 188 Å². The molecule has 3 amide bonds. The zero-order valence-corrected chi connectivity index (χ0v) is 18.6. The van der Waals surface area contributed by atoms with E-state index in [1.807, 2.05) is 12.1 Å². The third-order valence-electron chi connectivity index (χ3n) is 5.63. The van der Waals surface area contributed by atoms with Gasteiger partial charge in [0.2, 0.25) is 5.91 Å². The topological polar surface area (TPSA) is 119 Å². The van der Waals surface area contributed by atoms with E-state index in [2.05, 4.69) is 10.6 Å². The van der Waals surface area contributed by atoms with E-state index in [0.29, 0.717) is 37.4 Å². The molecular formula is C22H33N3O7. The van der Waals surface area contributed by atoms with E-state index in [4.69, 9.17) is 18.9 Å². The molecule has 0 radical (unpaired) electrons. The lowest BCUT2D eigenvalue weighted by molar-refractivity contribution is -0.149. The molecule has 2 aliphatic heterocycles. The van der Waals surface area contributed by atoms with Crippen LogP contribution >= 0.6 is 0 Å². The van der Waals surface area contributed by atoms with Gasteiger partial charge in [0.1, 0.15) is 11.9 Å². The first-order chi connectivity index (χ1) is 15.5. The zero-order chi connectivity index (χ0) is 22.9. The van der Waals surface area contributed by atoms with E-state index in [1.165, 1.54) is 0 Å². The van der Waals surface area contributed by atoms with E-state index in [0.717, 1.165) is 0 Å². The van der Waals surface area contributed by atoms with Gasteiger partial charge < -0.3 is 39.6 Å². The molecular weight excluding hydrogens is 418 g/mol. The quantitative estimate of drug-likeness (QED) is 0.529. The molecule has 0 spiro atoms. The van der Waals surface area contributed by atoms with Crippen LogP contribution in [0.1, 0.15) is 19.3 Å². The zero-order valence-electron chi connectivity index (χ0n) is 18.6. The summed E-state index contributed by atoms with van der Waals surface area (Å²) >= 11 is 0. The molecule has 0 aromatic heterocycles. The molecule has 10 heteroatoms. The summed E-state index contributed by atoms with van der Waals surface area (Å²) < 4.78 is 22.0. The smallest absolute Gasteiger partial charge is 0.322 e. The summed E-state index contributed by atoms with van der Waals surface area (Å²) in [5.41, 5.74) is 0.548. The lowest BCUT2D eigenvalue weighted by Gasteiger charge is -2.44. The highest BCUT2D eigenvalue weighted by molar-refractivity contribution is 5.91. The summed E-state index contributed by atoms with van der Waals surface area (Å²) in [5, 5.41) is 16.0. The molecule has 3 rings (SSSR count). The van der Waals surface area contributed by atoms with Crippen molar-refractivity contribution in [1.29, 1.82) is 0 Å². The Balaban J connectivity index is 1.66. The van der Waals surface area contributed by atoms with Crippen LogP contribution < -0.4 is 15.4 Å². The Hall–Kier alpha value is -2.40. The number of carbonyl (C=O) groups excluding carboxylic acids is 2. The monoisotopic (exact) mass is 451 g/mol. The number of β-amino-alcohol motifs (C(OH)–C–C–N with tert-alkyl or cyclic N) is 1. The fourth-order valence-corrected chi connectivity index (χ4v) is 4.08. The van der Waals surface area contributed by atoms with Gasteiger partial charge in [-0.2, -0.15) is 0 Å². The van der Waals surface area contributed by atoms with Crippen molar-refractivity contribution in [3.8, 4) is 5.75 Å². The van der Waals surface area contributed by atoms with E-state index in [1.54, 1.807) is 31.3 Å². The molecule has 10 nitrogen and oxygen atoms in total. The highest BCUT2D eigenvalue weighted by Crippen LogP contribution is 2.29. The third-order valence-corrected chi connectivity index (χ3v) is 5.63. The van der Waals surface area contributed by atoms with Crippen LogP contribution in [0.4, 0.5) is 10.5 Å². The average Bonchev–Trinajstić information content (AvgIpc) is 2.77. The van der Waals surface area contributed by atoms with Gasteiger partial charge in [-0.15, -0.1) is 0 Å². The minimum absolute atomic E-state index is 0.0987. The Morgan fingerprint density at radius 3 is 2.81 bits per heavy atom. The van der Waals surface area contributed by atoms with Crippen molar-refractivity contribution in [3.63, 3.8) is 0 Å². The van der Waals surface area contributed by atoms with Crippen LogP contribution in [0.5, 0.6) is 5.75 Å². The highest BCUT2D eigenvalue weighted by atomic mass is 16.5. The van der Waals surface area contributed by atoms with Crippen molar-refractivity contribution >= 4 is 17.6 Å². The van der Waals surface area contributed by atoms with E-state index in [-0.39, 0.29) is 50.3 Å². The molecule has 0 bridgehead atoms. The minimum atomic E-state index is -0.802. The summed E-state index contributed by atoms with van der Waals surface area (Å²) in [7, 11) is 3.12. The number of ether oxygens (including phenoxy) is 4. The van der Waals surface area contributed by atoms with Gasteiger partial charge in [-0.3, -0.25) is 4.79 Å². The molecule has 2 aliphatic rings. The maximum atomic E-state index is 13.2. The van der Waals surface area contributed by atoms with Crippen molar-refractivity contribution in [1.82, 2.24) is 10.2 Å². The molecule has 0 saturated carbocycles. The van der Waals surface area contributed by atoms with Gasteiger partial charge in [-0.05, 0) is 25.0 Å². The van der Waals surface area contributed by atoms with Crippen LogP contribution in [0.15, 0.2) is 24.3 Å². The first-order valence-corrected chi connectivity index (χ1v) is 10.9. The predicted molar refractivity (Wildman–Crippen MR) is 117 cm³/mol. The summed E-state index contributed by atoms with van der Waals surface area (Å²) in [5.74, 6) is 0.450. The Kier molecular flexibility index (Phi) is 9.10. The van der Waals surface area contributed by atoms with Crippen LogP contribution in [0.25, 0.3) is 0 Å². The van der Waals surface area contributed by atoms with Crippen molar-refractivity contribution in [2.75, 3.05) is 52.4 Å². The molecule has 178 valence electrons. The fourth-order valence-electron chi connectivity index (χ4n) is 4.08. The molecule has 0 unspecified atom stereocenters. The molecule has 1 aromatic carbocycles. The van der Waals surface area contributed by atoms with Gasteiger partial charge in [0.25, 0.3) is 0 Å². The number of carbonyl (C=O) groups is 2. The minimum Gasteiger partial charge on any atom is -0.495 e. The number of fused-ring (bicyclic) bond motifs is 1. The Morgan fingerprint density at radius 2 is 2.03 bits per heavy atom. The SMILES string of the molecule is COCCNC(=O)C[C@H]1CC[C@H]2[C@@H](COC[C@@H](O)CN2C(=O)Nc2ccccc2OC)O1.